The second kappa shape index (κ2) is 5.46. The SMILES string of the molecule is Cc1cn(S(=O)(=O)c2ccccc2)c2cc3ccccc3c(Br)c12. The fourth-order valence-corrected chi connectivity index (χ4v) is 5.36. The van der Waals surface area contributed by atoms with E-state index in [1.54, 1.807) is 30.5 Å². The lowest BCUT2D eigenvalue weighted by molar-refractivity contribution is 0.589. The van der Waals surface area contributed by atoms with E-state index in [4.69, 9.17) is 0 Å². The molecule has 4 aromatic rings. The summed E-state index contributed by atoms with van der Waals surface area (Å²) in [4.78, 5) is 0.284. The van der Waals surface area contributed by atoms with Gasteiger partial charge in [-0.1, -0.05) is 42.5 Å². The Morgan fingerprint density at radius 3 is 2.38 bits per heavy atom. The molecule has 0 aliphatic heterocycles. The molecule has 24 heavy (non-hydrogen) atoms. The second-order valence-electron chi connectivity index (χ2n) is 5.73. The van der Waals surface area contributed by atoms with Gasteiger partial charge in [-0.25, -0.2) is 12.4 Å². The lowest BCUT2D eigenvalue weighted by atomic mass is 10.1. The van der Waals surface area contributed by atoms with Crippen LogP contribution >= 0.6 is 15.9 Å². The Kier molecular flexibility index (Phi) is 3.51. The molecule has 0 amide bonds. The van der Waals surface area contributed by atoms with Crippen LogP contribution in [0.3, 0.4) is 0 Å². The third-order valence-electron chi connectivity index (χ3n) is 4.21. The summed E-state index contributed by atoms with van der Waals surface area (Å²) in [7, 11) is -3.63. The van der Waals surface area contributed by atoms with Gasteiger partial charge in [0, 0.05) is 16.1 Å². The minimum Gasteiger partial charge on any atom is -0.241 e. The predicted molar refractivity (Wildman–Crippen MR) is 101 cm³/mol. The molecule has 0 N–H and O–H groups in total. The van der Waals surface area contributed by atoms with E-state index in [0.29, 0.717) is 5.52 Å². The van der Waals surface area contributed by atoms with Crippen molar-refractivity contribution in [3.05, 3.63) is 76.9 Å². The maximum absolute atomic E-state index is 13.1. The van der Waals surface area contributed by atoms with Crippen LogP contribution < -0.4 is 0 Å². The van der Waals surface area contributed by atoms with Crippen molar-refractivity contribution >= 4 is 47.6 Å². The largest absolute Gasteiger partial charge is 0.268 e. The Bertz CT molecular complexity index is 1180. The van der Waals surface area contributed by atoms with Crippen molar-refractivity contribution < 1.29 is 8.42 Å². The topological polar surface area (TPSA) is 39.1 Å². The van der Waals surface area contributed by atoms with E-state index in [-0.39, 0.29) is 4.90 Å². The van der Waals surface area contributed by atoms with Gasteiger partial charge in [0.2, 0.25) is 0 Å². The van der Waals surface area contributed by atoms with E-state index in [2.05, 4.69) is 15.9 Å². The average molecular weight is 400 g/mol. The van der Waals surface area contributed by atoms with Crippen molar-refractivity contribution in [3.8, 4) is 0 Å². The molecule has 0 bridgehead atoms. The highest BCUT2D eigenvalue weighted by molar-refractivity contribution is 9.10. The lowest BCUT2D eigenvalue weighted by Crippen LogP contribution is -2.11. The van der Waals surface area contributed by atoms with Crippen LogP contribution in [0.4, 0.5) is 0 Å². The molecule has 3 nitrogen and oxygen atoms in total. The molecule has 5 heteroatoms. The summed E-state index contributed by atoms with van der Waals surface area (Å²) in [6.07, 6.45) is 1.69. The molecule has 0 aliphatic rings. The molecule has 0 radical (unpaired) electrons. The molecule has 1 heterocycles. The van der Waals surface area contributed by atoms with Crippen LogP contribution in [0.1, 0.15) is 5.56 Å². The zero-order chi connectivity index (χ0) is 16.9. The molecule has 0 fully saturated rings. The van der Waals surface area contributed by atoms with Gasteiger partial charge in [-0.3, -0.25) is 0 Å². The highest BCUT2D eigenvalue weighted by Crippen LogP contribution is 2.36. The maximum Gasteiger partial charge on any atom is 0.268 e. The molecule has 0 atom stereocenters. The molecule has 0 unspecified atom stereocenters. The van der Waals surface area contributed by atoms with Crippen LogP contribution in [0.25, 0.3) is 21.7 Å². The summed E-state index contributed by atoms with van der Waals surface area (Å²) < 4.78 is 28.4. The van der Waals surface area contributed by atoms with Gasteiger partial charge in [-0.05, 0) is 57.4 Å². The first-order chi connectivity index (χ1) is 11.5. The molecule has 3 aromatic carbocycles. The Morgan fingerprint density at radius 1 is 0.958 bits per heavy atom. The molecule has 4 rings (SSSR count). The number of nitrogens with zero attached hydrogens (tertiary/aromatic N) is 1. The van der Waals surface area contributed by atoms with Gasteiger partial charge in [0.1, 0.15) is 0 Å². The maximum atomic E-state index is 13.1. The number of benzene rings is 3. The highest BCUT2D eigenvalue weighted by atomic mass is 79.9. The summed E-state index contributed by atoms with van der Waals surface area (Å²) in [5.41, 5.74) is 1.60. The first kappa shape index (κ1) is 15.4. The first-order valence-electron chi connectivity index (χ1n) is 7.49. The third kappa shape index (κ3) is 2.19. The number of aromatic nitrogens is 1. The van der Waals surface area contributed by atoms with Crippen LogP contribution in [0.5, 0.6) is 0 Å². The van der Waals surface area contributed by atoms with E-state index < -0.39 is 10.0 Å². The predicted octanol–water partition coefficient (Wildman–Crippen LogP) is 5.10. The Labute approximate surface area is 148 Å². The summed E-state index contributed by atoms with van der Waals surface area (Å²) in [6.45, 7) is 1.93. The fraction of sp³-hybridized carbons (Fsp3) is 0.0526. The van der Waals surface area contributed by atoms with Gasteiger partial charge >= 0.3 is 0 Å². The van der Waals surface area contributed by atoms with Crippen LogP contribution in [-0.2, 0) is 10.0 Å². The van der Waals surface area contributed by atoms with Crippen molar-refractivity contribution in [2.24, 2.45) is 0 Å². The van der Waals surface area contributed by atoms with Crippen molar-refractivity contribution in [1.29, 1.82) is 0 Å². The molecule has 0 aliphatic carbocycles. The van der Waals surface area contributed by atoms with Crippen LogP contribution in [0, 0.1) is 6.92 Å². The zero-order valence-corrected chi connectivity index (χ0v) is 15.3. The summed E-state index contributed by atoms with van der Waals surface area (Å²) >= 11 is 3.66. The van der Waals surface area contributed by atoms with Crippen molar-refractivity contribution in [2.75, 3.05) is 0 Å². The third-order valence-corrected chi connectivity index (χ3v) is 6.72. The summed E-state index contributed by atoms with van der Waals surface area (Å²) in [5, 5.41) is 3.00. The van der Waals surface area contributed by atoms with E-state index in [1.165, 1.54) is 3.97 Å². The fourth-order valence-electron chi connectivity index (χ4n) is 3.05. The molecule has 0 spiro atoms. The summed E-state index contributed by atoms with van der Waals surface area (Å²) in [5.74, 6) is 0. The van der Waals surface area contributed by atoms with Gasteiger partial charge in [-0.15, -0.1) is 0 Å². The number of aryl methyl sites for hydroxylation is 1. The molecular weight excluding hydrogens is 386 g/mol. The van der Waals surface area contributed by atoms with Crippen molar-refractivity contribution in [3.63, 3.8) is 0 Å². The van der Waals surface area contributed by atoms with E-state index in [9.17, 15) is 8.42 Å². The quantitative estimate of drug-likeness (QED) is 0.470. The number of rotatable bonds is 2. The van der Waals surface area contributed by atoms with Crippen LogP contribution in [0.2, 0.25) is 0 Å². The van der Waals surface area contributed by atoms with Gasteiger partial charge < -0.3 is 0 Å². The molecule has 1 aromatic heterocycles. The van der Waals surface area contributed by atoms with Crippen molar-refractivity contribution in [2.45, 2.75) is 11.8 Å². The van der Waals surface area contributed by atoms with Gasteiger partial charge in [0.25, 0.3) is 10.0 Å². The zero-order valence-electron chi connectivity index (χ0n) is 12.9. The van der Waals surface area contributed by atoms with E-state index in [1.807, 2.05) is 43.3 Å². The number of hydrogen-bond acceptors (Lipinski definition) is 2. The monoisotopic (exact) mass is 399 g/mol. The van der Waals surface area contributed by atoms with Crippen LogP contribution in [-0.4, -0.2) is 12.4 Å². The van der Waals surface area contributed by atoms with E-state index >= 15 is 0 Å². The first-order valence-corrected chi connectivity index (χ1v) is 9.73. The molecule has 120 valence electrons. The highest BCUT2D eigenvalue weighted by Gasteiger charge is 2.22. The smallest absolute Gasteiger partial charge is 0.241 e. The number of hydrogen-bond donors (Lipinski definition) is 0. The van der Waals surface area contributed by atoms with Gasteiger partial charge in [0.05, 0.1) is 10.4 Å². The normalized spacial score (nSPS) is 12.1. The molecule has 0 saturated carbocycles. The number of fused-ring (bicyclic) bond motifs is 2. The molecular formula is C19H14BrNO2S. The van der Waals surface area contributed by atoms with Gasteiger partial charge in [-0.2, -0.15) is 0 Å². The summed E-state index contributed by atoms with van der Waals surface area (Å²) in [6, 6.07) is 18.4. The number of halogens is 1. The lowest BCUT2D eigenvalue weighted by Gasteiger charge is -2.09. The Hall–Kier alpha value is -2.11. The van der Waals surface area contributed by atoms with Gasteiger partial charge in [0.15, 0.2) is 0 Å². The standard InChI is InChI=1S/C19H14BrNO2S/c1-13-12-21(24(22,23)15-8-3-2-4-9-15)17-11-14-7-5-6-10-16(14)19(20)18(13)17/h2-12H,1H3. The second-order valence-corrected chi connectivity index (χ2v) is 8.34. The minimum absolute atomic E-state index is 0.284. The molecule has 0 saturated heterocycles. The Balaban J connectivity index is 2.11. The van der Waals surface area contributed by atoms with Crippen molar-refractivity contribution in [1.82, 2.24) is 3.97 Å². The van der Waals surface area contributed by atoms with Crippen LogP contribution in [0.15, 0.2) is 76.2 Å². The minimum atomic E-state index is -3.63. The van der Waals surface area contributed by atoms with E-state index in [0.717, 1.165) is 26.2 Å². The average Bonchev–Trinajstić information content (AvgIpc) is 2.93. The Morgan fingerprint density at radius 2 is 1.62 bits per heavy atom.